The fourth-order valence-corrected chi connectivity index (χ4v) is 0.789. The summed E-state index contributed by atoms with van der Waals surface area (Å²) in [5.41, 5.74) is 0.741. The summed E-state index contributed by atoms with van der Waals surface area (Å²) in [6, 6.07) is 0. The first-order valence-electron chi connectivity index (χ1n) is 3.53. The first kappa shape index (κ1) is 9.37. The number of aliphatic hydroxyl groups is 1. The van der Waals surface area contributed by atoms with Crippen LogP contribution in [0.2, 0.25) is 0 Å². The van der Waals surface area contributed by atoms with E-state index < -0.39 is 0 Å². The summed E-state index contributed by atoms with van der Waals surface area (Å²) in [4.78, 5) is 10.7. The average Bonchev–Trinajstić information content (AvgIpc) is 1.87. The Bertz CT molecular complexity index is 136. The molecular formula is C8H14O2. The summed E-state index contributed by atoms with van der Waals surface area (Å²) < 4.78 is 0. The van der Waals surface area contributed by atoms with Gasteiger partial charge in [-0.3, -0.25) is 4.79 Å². The first-order valence-corrected chi connectivity index (χ1v) is 3.53. The predicted molar refractivity (Wildman–Crippen MR) is 40.8 cm³/mol. The fraction of sp³-hybridized carbons (Fsp3) is 0.625. The monoisotopic (exact) mass is 142 g/mol. The van der Waals surface area contributed by atoms with Crippen LogP contribution in [-0.2, 0) is 4.79 Å². The third-order valence-electron chi connectivity index (χ3n) is 1.28. The van der Waals surface area contributed by atoms with Gasteiger partial charge in [0, 0.05) is 6.61 Å². The average molecular weight is 142 g/mol. The van der Waals surface area contributed by atoms with Crippen molar-refractivity contribution >= 4 is 5.78 Å². The molecule has 0 amide bonds. The number of carbonyl (C=O) groups is 1. The highest BCUT2D eigenvalue weighted by molar-refractivity contribution is 5.93. The minimum atomic E-state index is 0.0609. The van der Waals surface area contributed by atoms with Crippen molar-refractivity contribution in [1.82, 2.24) is 0 Å². The predicted octanol–water partition coefficient (Wildman–Crippen LogP) is 1.29. The van der Waals surface area contributed by atoms with E-state index in [1.165, 1.54) is 6.92 Å². The van der Waals surface area contributed by atoms with Gasteiger partial charge < -0.3 is 5.11 Å². The summed E-state index contributed by atoms with van der Waals surface area (Å²) in [5, 5.41) is 8.52. The van der Waals surface area contributed by atoms with Gasteiger partial charge in [-0.25, -0.2) is 0 Å². The number of aliphatic hydroxyl groups excluding tert-OH is 1. The normalized spacial score (nSPS) is 11.7. The Morgan fingerprint density at radius 1 is 1.60 bits per heavy atom. The zero-order valence-electron chi connectivity index (χ0n) is 6.55. The van der Waals surface area contributed by atoms with E-state index in [2.05, 4.69) is 0 Å². The summed E-state index contributed by atoms with van der Waals surface area (Å²) in [7, 11) is 0. The lowest BCUT2D eigenvalue weighted by molar-refractivity contribution is -0.113. The number of hydrogen-bond acceptors (Lipinski definition) is 2. The minimum absolute atomic E-state index is 0.0609. The van der Waals surface area contributed by atoms with Crippen molar-refractivity contribution in [3.05, 3.63) is 11.6 Å². The van der Waals surface area contributed by atoms with Crippen molar-refractivity contribution in [2.24, 2.45) is 0 Å². The van der Waals surface area contributed by atoms with E-state index in [1.807, 2.05) is 13.0 Å². The topological polar surface area (TPSA) is 37.3 Å². The van der Waals surface area contributed by atoms with Gasteiger partial charge in [0.15, 0.2) is 5.78 Å². The Balaban J connectivity index is 3.98. The molecule has 0 aliphatic heterocycles. The maximum absolute atomic E-state index is 10.7. The van der Waals surface area contributed by atoms with Gasteiger partial charge >= 0.3 is 0 Å². The number of rotatable bonds is 4. The van der Waals surface area contributed by atoms with E-state index in [1.54, 1.807) is 0 Å². The third kappa shape index (κ3) is 3.41. The van der Waals surface area contributed by atoms with Crippen LogP contribution >= 0.6 is 0 Å². The van der Waals surface area contributed by atoms with Crippen LogP contribution < -0.4 is 0 Å². The number of Topliss-reactive ketones (excluding diaryl/α,β-unsaturated/α-hetero) is 1. The molecule has 0 aromatic rings. The molecule has 0 saturated carbocycles. The standard InChI is InChI=1S/C8H14O2/c1-3-4-8(5-6-9)7(2)10/h4,9H,3,5-6H2,1-2H3/b8-4+. The van der Waals surface area contributed by atoms with Crippen molar-refractivity contribution in [3.63, 3.8) is 0 Å². The molecule has 0 aromatic carbocycles. The molecule has 0 fully saturated rings. The minimum Gasteiger partial charge on any atom is -0.396 e. The van der Waals surface area contributed by atoms with Gasteiger partial charge in [0.25, 0.3) is 0 Å². The summed E-state index contributed by atoms with van der Waals surface area (Å²) >= 11 is 0. The number of allylic oxidation sites excluding steroid dienone is 1. The molecule has 0 spiro atoms. The van der Waals surface area contributed by atoms with Crippen molar-refractivity contribution in [2.75, 3.05) is 6.61 Å². The van der Waals surface area contributed by atoms with Gasteiger partial charge in [0.1, 0.15) is 0 Å². The highest BCUT2D eigenvalue weighted by Gasteiger charge is 2.00. The Kier molecular flexibility index (Phi) is 4.85. The van der Waals surface area contributed by atoms with Crippen molar-refractivity contribution in [1.29, 1.82) is 0 Å². The molecule has 0 aliphatic carbocycles. The lowest BCUT2D eigenvalue weighted by atomic mass is 10.1. The molecule has 0 atom stereocenters. The van der Waals surface area contributed by atoms with Crippen molar-refractivity contribution in [3.8, 4) is 0 Å². The first-order chi connectivity index (χ1) is 4.72. The number of ketones is 1. The maximum Gasteiger partial charge on any atom is 0.155 e. The van der Waals surface area contributed by atoms with Crippen LogP contribution in [0.1, 0.15) is 26.7 Å². The Labute approximate surface area is 61.6 Å². The van der Waals surface area contributed by atoms with Crippen LogP contribution in [0, 0.1) is 0 Å². The lowest BCUT2D eigenvalue weighted by Gasteiger charge is -1.98. The molecule has 0 unspecified atom stereocenters. The molecular weight excluding hydrogens is 128 g/mol. The molecule has 58 valence electrons. The van der Waals surface area contributed by atoms with Crippen molar-refractivity contribution < 1.29 is 9.90 Å². The third-order valence-corrected chi connectivity index (χ3v) is 1.28. The number of hydrogen-bond donors (Lipinski definition) is 1. The van der Waals surface area contributed by atoms with Crippen LogP contribution in [0.4, 0.5) is 0 Å². The van der Waals surface area contributed by atoms with E-state index in [4.69, 9.17) is 5.11 Å². The van der Waals surface area contributed by atoms with Gasteiger partial charge in [-0.15, -0.1) is 0 Å². The van der Waals surface area contributed by atoms with Crippen LogP contribution in [-0.4, -0.2) is 17.5 Å². The molecule has 0 aromatic heterocycles. The Morgan fingerprint density at radius 3 is 2.50 bits per heavy atom. The Morgan fingerprint density at radius 2 is 2.20 bits per heavy atom. The molecule has 0 heterocycles. The molecule has 10 heavy (non-hydrogen) atoms. The highest BCUT2D eigenvalue weighted by Crippen LogP contribution is 2.02. The molecule has 0 rings (SSSR count). The molecule has 0 bridgehead atoms. The largest absolute Gasteiger partial charge is 0.396 e. The second kappa shape index (κ2) is 5.18. The van der Waals surface area contributed by atoms with Gasteiger partial charge in [-0.1, -0.05) is 13.0 Å². The fourth-order valence-electron chi connectivity index (χ4n) is 0.789. The second-order valence-corrected chi connectivity index (χ2v) is 2.17. The molecule has 2 nitrogen and oxygen atoms in total. The number of carbonyl (C=O) groups excluding carboxylic acids is 1. The smallest absolute Gasteiger partial charge is 0.155 e. The SMILES string of the molecule is CC/C=C(\CCO)C(C)=O. The van der Waals surface area contributed by atoms with Crippen LogP contribution in [0.3, 0.4) is 0 Å². The lowest BCUT2D eigenvalue weighted by Crippen LogP contribution is -1.98. The quantitative estimate of drug-likeness (QED) is 0.600. The van der Waals surface area contributed by atoms with Gasteiger partial charge in [0.05, 0.1) is 0 Å². The van der Waals surface area contributed by atoms with Gasteiger partial charge in [-0.05, 0) is 25.3 Å². The summed E-state index contributed by atoms with van der Waals surface area (Å²) in [5.74, 6) is 0.0656. The van der Waals surface area contributed by atoms with Gasteiger partial charge in [0.2, 0.25) is 0 Å². The van der Waals surface area contributed by atoms with Crippen LogP contribution in [0.5, 0.6) is 0 Å². The molecule has 2 heteroatoms. The van der Waals surface area contributed by atoms with Gasteiger partial charge in [-0.2, -0.15) is 0 Å². The van der Waals surface area contributed by atoms with E-state index in [9.17, 15) is 4.79 Å². The van der Waals surface area contributed by atoms with E-state index in [-0.39, 0.29) is 12.4 Å². The molecule has 0 aliphatic rings. The molecule has 0 radical (unpaired) electrons. The van der Waals surface area contributed by atoms with Crippen molar-refractivity contribution in [2.45, 2.75) is 26.7 Å². The summed E-state index contributed by atoms with van der Waals surface area (Å²) in [6.07, 6.45) is 3.20. The van der Waals surface area contributed by atoms with Crippen LogP contribution in [0.15, 0.2) is 11.6 Å². The van der Waals surface area contributed by atoms with E-state index in [0.717, 1.165) is 12.0 Å². The van der Waals surface area contributed by atoms with E-state index >= 15 is 0 Å². The summed E-state index contributed by atoms with van der Waals surface area (Å²) in [6.45, 7) is 3.56. The second-order valence-electron chi connectivity index (χ2n) is 2.17. The maximum atomic E-state index is 10.7. The van der Waals surface area contributed by atoms with Crippen LogP contribution in [0.25, 0.3) is 0 Å². The van der Waals surface area contributed by atoms with E-state index in [0.29, 0.717) is 6.42 Å². The zero-order chi connectivity index (χ0) is 7.98. The zero-order valence-corrected chi connectivity index (χ0v) is 6.55. The molecule has 1 N–H and O–H groups in total. The Hall–Kier alpha value is -0.630. The molecule has 0 saturated heterocycles. The highest BCUT2D eigenvalue weighted by atomic mass is 16.3.